The summed E-state index contributed by atoms with van der Waals surface area (Å²) < 4.78 is 11.3. The molecule has 1 fully saturated rings. The Morgan fingerprint density at radius 1 is 1.26 bits per heavy atom. The van der Waals surface area contributed by atoms with Gasteiger partial charge in [0.1, 0.15) is 12.4 Å². The Balaban J connectivity index is 1.82. The number of ether oxygens (including phenoxy) is 2. The highest BCUT2D eigenvalue weighted by atomic mass is 16.5. The zero-order valence-corrected chi connectivity index (χ0v) is 17.4. The van der Waals surface area contributed by atoms with Gasteiger partial charge in [0, 0.05) is 38.9 Å². The van der Waals surface area contributed by atoms with Gasteiger partial charge in [-0.3, -0.25) is 4.99 Å². The van der Waals surface area contributed by atoms with E-state index in [0.29, 0.717) is 32.3 Å². The van der Waals surface area contributed by atoms with Gasteiger partial charge in [0.2, 0.25) is 0 Å². The molecular weight excluding hydrogens is 340 g/mol. The van der Waals surface area contributed by atoms with Crippen LogP contribution < -0.4 is 15.4 Å². The Morgan fingerprint density at radius 2 is 2.11 bits per heavy atom. The molecule has 0 radical (unpaired) electrons. The minimum Gasteiger partial charge on any atom is -0.491 e. The molecule has 2 rings (SSSR count). The first-order chi connectivity index (χ1) is 13.2. The third-order valence-electron chi connectivity index (χ3n) is 4.96. The topological polar surface area (TPSA) is 58.1 Å². The molecule has 6 nitrogen and oxygen atoms in total. The Labute approximate surface area is 164 Å². The molecule has 0 saturated carbocycles. The fraction of sp³-hybridized carbons (Fsp3) is 0.667. The van der Waals surface area contributed by atoms with E-state index in [9.17, 15) is 0 Å². The molecule has 0 bridgehead atoms. The summed E-state index contributed by atoms with van der Waals surface area (Å²) in [6.07, 6.45) is 1.26. The number of guanidine groups is 1. The van der Waals surface area contributed by atoms with Crippen molar-refractivity contribution in [3.63, 3.8) is 0 Å². The van der Waals surface area contributed by atoms with Crippen molar-refractivity contribution in [3.05, 3.63) is 29.3 Å². The number of likely N-dealkylation sites (tertiary alicyclic amines) is 1. The van der Waals surface area contributed by atoms with Crippen molar-refractivity contribution in [2.45, 2.75) is 33.7 Å². The van der Waals surface area contributed by atoms with Crippen LogP contribution in [0.25, 0.3) is 0 Å². The van der Waals surface area contributed by atoms with Gasteiger partial charge in [-0.1, -0.05) is 19.1 Å². The maximum atomic E-state index is 5.92. The maximum Gasteiger partial charge on any atom is 0.191 e. The molecule has 0 spiro atoms. The smallest absolute Gasteiger partial charge is 0.191 e. The molecule has 2 N–H and O–H groups in total. The van der Waals surface area contributed by atoms with Gasteiger partial charge in [0.05, 0.1) is 6.61 Å². The van der Waals surface area contributed by atoms with Crippen molar-refractivity contribution in [1.82, 2.24) is 15.5 Å². The predicted molar refractivity (Wildman–Crippen MR) is 112 cm³/mol. The average Bonchev–Trinajstić information content (AvgIpc) is 3.14. The second-order valence-corrected chi connectivity index (χ2v) is 7.01. The van der Waals surface area contributed by atoms with Gasteiger partial charge in [-0.25, -0.2) is 0 Å². The summed E-state index contributed by atoms with van der Waals surface area (Å²) in [5.41, 5.74) is 2.31. The summed E-state index contributed by atoms with van der Waals surface area (Å²) in [7, 11) is 1.82. The van der Waals surface area contributed by atoms with Crippen LogP contribution in [-0.4, -0.2) is 63.9 Å². The Morgan fingerprint density at radius 3 is 2.81 bits per heavy atom. The molecule has 1 aliphatic heterocycles. The molecule has 1 aromatic carbocycles. The van der Waals surface area contributed by atoms with E-state index in [4.69, 9.17) is 9.47 Å². The molecule has 1 unspecified atom stereocenters. The second-order valence-electron chi connectivity index (χ2n) is 7.01. The maximum absolute atomic E-state index is 5.92. The quantitative estimate of drug-likeness (QED) is 0.373. The Hall–Kier alpha value is -1.79. The number of rotatable bonds is 10. The van der Waals surface area contributed by atoms with Crippen LogP contribution in [0, 0.1) is 12.8 Å². The van der Waals surface area contributed by atoms with Crippen LogP contribution in [0.3, 0.4) is 0 Å². The second kappa shape index (κ2) is 11.8. The van der Waals surface area contributed by atoms with Crippen LogP contribution in [0.4, 0.5) is 0 Å². The minimum atomic E-state index is 0.562. The van der Waals surface area contributed by atoms with Crippen LogP contribution in [0.5, 0.6) is 5.75 Å². The van der Waals surface area contributed by atoms with Gasteiger partial charge < -0.3 is 25.0 Å². The van der Waals surface area contributed by atoms with E-state index in [1.54, 1.807) is 0 Å². The summed E-state index contributed by atoms with van der Waals surface area (Å²) in [5.74, 6) is 2.44. The van der Waals surface area contributed by atoms with E-state index in [0.717, 1.165) is 30.4 Å². The zero-order valence-electron chi connectivity index (χ0n) is 17.4. The number of hydrogen-bond donors (Lipinski definition) is 2. The monoisotopic (exact) mass is 376 g/mol. The Kier molecular flexibility index (Phi) is 9.42. The number of aryl methyl sites for hydroxylation is 1. The van der Waals surface area contributed by atoms with Crippen molar-refractivity contribution in [1.29, 1.82) is 0 Å². The summed E-state index contributed by atoms with van der Waals surface area (Å²) in [6.45, 7) is 13.3. The number of hydrogen-bond acceptors (Lipinski definition) is 4. The number of benzene rings is 1. The Bertz CT molecular complexity index is 592. The van der Waals surface area contributed by atoms with Crippen molar-refractivity contribution in [3.8, 4) is 5.75 Å². The first-order valence-corrected chi connectivity index (χ1v) is 10.1. The molecule has 1 saturated heterocycles. The molecule has 152 valence electrons. The average molecular weight is 377 g/mol. The van der Waals surface area contributed by atoms with Crippen molar-refractivity contribution in [2.24, 2.45) is 10.9 Å². The van der Waals surface area contributed by atoms with Crippen molar-refractivity contribution >= 4 is 5.96 Å². The number of nitrogens with one attached hydrogen (secondary N) is 2. The van der Waals surface area contributed by atoms with Gasteiger partial charge >= 0.3 is 0 Å². The fourth-order valence-corrected chi connectivity index (χ4v) is 3.30. The van der Waals surface area contributed by atoms with E-state index < -0.39 is 0 Å². The summed E-state index contributed by atoms with van der Waals surface area (Å²) in [4.78, 5) is 6.86. The first-order valence-electron chi connectivity index (χ1n) is 10.1. The van der Waals surface area contributed by atoms with Gasteiger partial charge in [-0.2, -0.15) is 0 Å². The van der Waals surface area contributed by atoms with Crippen LogP contribution in [-0.2, 0) is 11.3 Å². The lowest BCUT2D eigenvalue weighted by atomic mass is 10.1. The van der Waals surface area contributed by atoms with Gasteiger partial charge in [-0.15, -0.1) is 0 Å². The fourth-order valence-electron chi connectivity index (χ4n) is 3.30. The lowest BCUT2D eigenvalue weighted by molar-refractivity contribution is 0.110. The number of nitrogens with zero attached hydrogens (tertiary/aromatic N) is 2. The molecule has 0 aliphatic carbocycles. The third kappa shape index (κ3) is 7.39. The van der Waals surface area contributed by atoms with Crippen LogP contribution in [0.15, 0.2) is 23.2 Å². The third-order valence-corrected chi connectivity index (χ3v) is 4.96. The highest BCUT2D eigenvalue weighted by Gasteiger charge is 2.21. The van der Waals surface area contributed by atoms with Gasteiger partial charge in [-0.05, 0) is 50.9 Å². The molecule has 6 heteroatoms. The normalized spacial score (nSPS) is 17.9. The molecule has 0 aromatic heterocycles. The van der Waals surface area contributed by atoms with E-state index in [2.05, 4.69) is 52.6 Å². The first kappa shape index (κ1) is 21.5. The molecule has 1 aliphatic rings. The molecular formula is C21H36N4O2. The van der Waals surface area contributed by atoms with E-state index in [-0.39, 0.29) is 0 Å². The SMILES string of the molecule is CCOCCOc1cc(C)ccc1CNC(=NC)NCC1CCN(CC)C1. The molecule has 27 heavy (non-hydrogen) atoms. The summed E-state index contributed by atoms with van der Waals surface area (Å²) in [6, 6.07) is 6.30. The van der Waals surface area contributed by atoms with Crippen LogP contribution >= 0.6 is 0 Å². The predicted octanol–water partition coefficient (Wildman–Crippen LogP) is 2.42. The highest BCUT2D eigenvalue weighted by molar-refractivity contribution is 5.79. The van der Waals surface area contributed by atoms with Gasteiger partial charge in [0.25, 0.3) is 0 Å². The van der Waals surface area contributed by atoms with Crippen molar-refractivity contribution in [2.75, 3.05) is 53.0 Å². The summed E-state index contributed by atoms with van der Waals surface area (Å²) in [5, 5.41) is 6.88. The van der Waals surface area contributed by atoms with E-state index in [1.807, 2.05) is 14.0 Å². The molecule has 1 heterocycles. The van der Waals surface area contributed by atoms with E-state index in [1.165, 1.54) is 25.1 Å². The van der Waals surface area contributed by atoms with E-state index >= 15 is 0 Å². The lowest BCUT2D eigenvalue weighted by Gasteiger charge is -2.17. The molecule has 1 aromatic rings. The molecule has 1 atom stereocenters. The largest absolute Gasteiger partial charge is 0.491 e. The zero-order chi connectivity index (χ0) is 19.5. The highest BCUT2D eigenvalue weighted by Crippen LogP contribution is 2.20. The van der Waals surface area contributed by atoms with Gasteiger partial charge in [0.15, 0.2) is 5.96 Å². The molecule has 0 amide bonds. The van der Waals surface area contributed by atoms with Crippen LogP contribution in [0.1, 0.15) is 31.4 Å². The standard InChI is InChI=1S/C21H36N4O2/c1-5-25-10-9-18(16-25)14-23-21(22-4)24-15-19-8-7-17(3)13-20(19)27-12-11-26-6-2/h7-8,13,18H,5-6,9-12,14-16H2,1-4H3,(H2,22,23,24). The van der Waals surface area contributed by atoms with Crippen molar-refractivity contribution < 1.29 is 9.47 Å². The minimum absolute atomic E-state index is 0.562. The van der Waals surface area contributed by atoms with Crippen LogP contribution in [0.2, 0.25) is 0 Å². The number of aliphatic imine (C=N–C) groups is 1. The lowest BCUT2D eigenvalue weighted by Crippen LogP contribution is -2.40. The summed E-state index contributed by atoms with van der Waals surface area (Å²) >= 11 is 0.